The van der Waals surface area contributed by atoms with Gasteiger partial charge in [0, 0.05) is 0 Å². The summed E-state index contributed by atoms with van der Waals surface area (Å²) in [5, 5.41) is 12.3. The molecule has 0 fully saturated rings. The van der Waals surface area contributed by atoms with Gasteiger partial charge in [-0.15, -0.1) is 0 Å². The summed E-state index contributed by atoms with van der Waals surface area (Å²) in [4.78, 5) is 0. The van der Waals surface area contributed by atoms with E-state index in [1.807, 2.05) is 38.2 Å². The lowest BCUT2D eigenvalue weighted by molar-refractivity contribution is 0.281. The number of nitriles is 1. The molecule has 104 valence electrons. The Hall–Kier alpha value is -1.73. The van der Waals surface area contributed by atoms with Gasteiger partial charge in [0.05, 0.1) is 19.8 Å². The number of nitrogens with one attached hydrogen (secondary N) is 1. The predicted octanol–water partition coefficient (Wildman–Crippen LogP) is 2.75. The second-order valence-electron chi connectivity index (χ2n) is 4.43. The minimum absolute atomic E-state index is 0.427. The van der Waals surface area contributed by atoms with Crippen LogP contribution in [0.1, 0.15) is 26.2 Å². The molecule has 1 rings (SSSR count). The van der Waals surface area contributed by atoms with Gasteiger partial charge < -0.3 is 14.8 Å². The number of methoxy groups -OCH3 is 1. The van der Waals surface area contributed by atoms with E-state index in [1.54, 1.807) is 7.11 Å². The summed E-state index contributed by atoms with van der Waals surface area (Å²) in [6, 6.07) is 9.85. The van der Waals surface area contributed by atoms with Crippen LogP contribution in [0.15, 0.2) is 24.3 Å². The summed E-state index contributed by atoms with van der Waals surface area (Å²) in [7, 11) is 3.47. The molecule has 0 aliphatic heterocycles. The Morgan fingerprint density at radius 3 is 2.37 bits per heavy atom. The zero-order valence-corrected chi connectivity index (χ0v) is 11.9. The van der Waals surface area contributed by atoms with Gasteiger partial charge in [-0.05, 0) is 50.6 Å². The quantitative estimate of drug-likeness (QED) is 0.732. The van der Waals surface area contributed by atoms with Crippen molar-refractivity contribution in [2.45, 2.75) is 31.7 Å². The van der Waals surface area contributed by atoms with Crippen LogP contribution in [0.25, 0.3) is 0 Å². The number of rotatable bonds is 8. The lowest BCUT2D eigenvalue weighted by Gasteiger charge is -2.24. The Bertz CT molecular complexity index is 405. The number of hydrogen-bond donors (Lipinski definition) is 1. The normalized spacial score (nSPS) is 13.4. The van der Waals surface area contributed by atoms with Crippen molar-refractivity contribution in [3.05, 3.63) is 24.3 Å². The van der Waals surface area contributed by atoms with E-state index in [2.05, 4.69) is 11.4 Å². The Kier molecular flexibility index (Phi) is 6.17. The zero-order valence-electron chi connectivity index (χ0n) is 11.9. The summed E-state index contributed by atoms with van der Waals surface area (Å²) in [6.45, 7) is 2.63. The SMILES string of the molecule is CCC(C#N)(CCCOc1ccc(OC)cc1)NC. The van der Waals surface area contributed by atoms with Crippen molar-refractivity contribution in [2.75, 3.05) is 20.8 Å². The molecular weight excluding hydrogens is 240 g/mol. The van der Waals surface area contributed by atoms with Gasteiger partial charge in [-0.3, -0.25) is 0 Å². The van der Waals surface area contributed by atoms with Crippen LogP contribution >= 0.6 is 0 Å². The van der Waals surface area contributed by atoms with Gasteiger partial charge in [0.25, 0.3) is 0 Å². The third-order valence-corrected chi connectivity index (χ3v) is 3.37. The molecule has 0 saturated heterocycles. The molecule has 19 heavy (non-hydrogen) atoms. The highest BCUT2D eigenvalue weighted by Gasteiger charge is 2.24. The minimum Gasteiger partial charge on any atom is -0.497 e. The first-order valence-corrected chi connectivity index (χ1v) is 6.56. The summed E-state index contributed by atoms with van der Waals surface area (Å²) < 4.78 is 10.7. The van der Waals surface area contributed by atoms with Gasteiger partial charge in [-0.2, -0.15) is 5.26 Å². The van der Waals surface area contributed by atoms with Gasteiger partial charge in [-0.25, -0.2) is 0 Å². The third-order valence-electron chi connectivity index (χ3n) is 3.37. The molecule has 0 bridgehead atoms. The summed E-state index contributed by atoms with van der Waals surface area (Å²) in [5.41, 5.74) is -0.427. The Labute approximate surface area is 115 Å². The standard InChI is InChI=1S/C15H22N2O2/c1-4-15(12-16,17-2)10-5-11-19-14-8-6-13(18-3)7-9-14/h6-9,17H,4-5,10-11H2,1-3H3. The van der Waals surface area contributed by atoms with Crippen molar-refractivity contribution in [2.24, 2.45) is 0 Å². The Morgan fingerprint density at radius 2 is 1.89 bits per heavy atom. The highest BCUT2D eigenvalue weighted by molar-refractivity contribution is 5.31. The molecule has 0 aromatic heterocycles. The lowest BCUT2D eigenvalue weighted by Crippen LogP contribution is -2.41. The second kappa shape index (κ2) is 7.65. The fourth-order valence-corrected chi connectivity index (χ4v) is 1.91. The average Bonchev–Trinajstić information content (AvgIpc) is 2.49. The van der Waals surface area contributed by atoms with E-state index in [4.69, 9.17) is 9.47 Å². The number of benzene rings is 1. The van der Waals surface area contributed by atoms with Crippen molar-refractivity contribution >= 4 is 0 Å². The molecule has 1 atom stereocenters. The molecule has 4 nitrogen and oxygen atoms in total. The first kappa shape index (κ1) is 15.3. The number of nitrogens with zero attached hydrogens (tertiary/aromatic N) is 1. The minimum atomic E-state index is -0.427. The van der Waals surface area contributed by atoms with E-state index < -0.39 is 5.54 Å². The Balaban J connectivity index is 2.36. The topological polar surface area (TPSA) is 54.3 Å². The first-order valence-electron chi connectivity index (χ1n) is 6.56. The average molecular weight is 262 g/mol. The van der Waals surface area contributed by atoms with Crippen molar-refractivity contribution < 1.29 is 9.47 Å². The maximum atomic E-state index is 9.18. The summed E-state index contributed by atoms with van der Waals surface area (Å²) in [5.74, 6) is 1.64. The maximum Gasteiger partial charge on any atom is 0.119 e. The third kappa shape index (κ3) is 4.46. The molecule has 0 aliphatic carbocycles. The molecular formula is C15H22N2O2. The number of ether oxygens (including phenoxy) is 2. The van der Waals surface area contributed by atoms with Crippen LogP contribution in [0.3, 0.4) is 0 Å². The van der Waals surface area contributed by atoms with Crippen LogP contribution in [-0.4, -0.2) is 26.3 Å². The smallest absolute Gasteiger partial charge is 0.119 e. The van der Waals surface area contributed by atoms with Crippen molar-refractivity contribution in [3.8, 4) is 17.6 Å². The summed E-state index contributed by atoms with van der Waals surface area (Å²) >= 11 is 0. The second-order valence-corrected chi connectivity index (χ2v) is 4.43. The molecule has 0 radical (unpaired) electrons. The van der Waals surface area contributed by atoms with Crippen LogP contribution in [0.4, 0.5) is 0 Å². The van der Waals surface area contributed by atoms with Crippen molar-refractivity contribution in [3.63, 3.8) is 0 Å². The zero-order chi connectivity index (χ0) is 14.1. The molecule has 0 aliphatic rings. The van der Waals surface area contributed by atoms with E-state index in [0.29, 0.717) is 6.61 Å². The van der Waals surface area contributed by atoms with Crippen LogP contribution in [0, 0.1) is 11.3 Å². The number of hydrogen-bond acceptors (Lipinski definition) is 4. The highest BCUT2D eigenvalue weighted by Crippen LogP contribution is 2.19. The van der Waals surface area contributed by atoms with Gasteiger partial charge >= 0.3 is 0 Å². The van der Waals surface area contributed by atoms with Crippen LogP contribution < -0.4 is 14.8 Å². The van der Waals surface area contributed by atoms with Crippen LogP contribution in [0.2, 0.25) is 0 Å². The molecule has 1 aromatic carbocycles. The molecule has 0 amide bonds. The lowest BCUT2D eigenvalue weighted by atomic mass is 9.92. The van der Waals surface area contributed by atoms with Gasteiger partial charge in [-0.1, -0.05) is 6.92 Å². The highest BCUT2D eigenvalue weighted by atomic mass is 16.5. The largest absolute Gasteiger partial charge is 0.497 e. The molecule has 0 spiro atoms. The van der Waals surface area contributed by atoms with Crippen molar-refractivity contribution in [1.82, 2.24) is 5.32 Å². The van der Waals surface area contributed by atoms with Gasteiger partial charge in [0.1, 0.15) is 17.0 Å². The van der Waals surface area contributed by atoms with E-state index in [0.717, 1.165) is 30.8 Å². The molecule has 1 unspecified atom stereocenters. The molecule has 1 N–H and O–H groups in total. The van der Waals surface area contributed by atoms with E-state index in [-0.39, 0.29) is 0 Å². The van der Waals surface area contributed by atoms with Crippen molar-refractivity contribution in [1.29, 1.82) is 5.26 Å². The van der Waals surface area contributed by atoms with E-state index in [9.17, 15) is 5.26 Å². The maximum absolute atomic E-state index is 9.18. The van der Waals surface area contributed by atoms with Gasteiger partial charge in [0.15, 0.2) is 0 Å². The Morgan fingerprint density at radius 1 is 1.26 bits per heavy atom. The fourth-order valence-electron chi connectivity index (χ4n) is 1.91. The van der Waals surface area contributed by atoms with Crippen LogP contribution in [0.5, 0.6) is 11.5 Å². The van der Waals surface area contributed by atoms with E-state index in [1.165, 1.54) is 0 Å². The van der Waals surface area contributed by atoms with Crippen LogP contribution in [-0.2, 0) is 0 Å². The fraction of sp³-hybridized carbons (Fsp3) is 0.533. The first-order chi connectivity index (χ1) is 9.19. The molecule has 4 heteroatoms. The summed E-state index contributed by atoms with van der Waals surface area (Å²) in [6.07, 6.45) is 2.42. The molecule has 1 aromatic rings. The predicted molar refractivity (Wildman–Crippen MR) is 75.4 cm³/mol. The molecule has 0 saturated carbocycles. The monoisotopic (exact) mass is 262 g/mol. The van der Waals surface area contributed by atoms with Gasteiger partial charge in [0.2, 0.25) is 0 Å². The molecule has 0 heterocycles. The van der Waals surface area contributed by atoms with E-state index >= 15 is 0 Å².